The van der Waals surface area contributed by atoms with Crippen molar-refractivity contribution in [2.45, 2.75) is 26.8 Å². The van der Waals surface area contributed by atoms with Crippen LogP contribution in [0.5, 0.6) is 5.75 Å². The average Bonchev–Trinajstić information content (AvgIpc) is 2.58. The van der Waals surface area contributed by atoms with Gasteiger partial charge in [-0.05, 0) is 50.1 Å². The molecule has 3 N–H and O–H groups in total. The van der Waals surface area contributed by atoms with E-state index in [4.69, 9.17) is 10.5 Å². The number of pyridine rings is 1. The smallest absolute Gasteiger partial charge is 0.266 e. The van der Waals surface area contributed by atoms with Gasteiger partial charge in [-0.2, -0.15) is 0 Å². The summed E-state index contributed by atoms with van der Waals surface area (Å²) in [6.07, 6.45) is 0. The van der Waals surface area contributed by atoms with Crippen molar-refractivity contribution in [1.82, 2.24) is 4.98 Å². The van der Waals surface area contributed by atoms with Gasteiger partial charge in [0.2, 0.25) is 5.91 Å². The van der Waals surface area contributed by atoms with Crippen LogP contribution in [0, 0.1) is 13.8 Å². The van der Waals surface area contributed by atoms with Gasteiger partial charge >= 0.3 is 0 Å². The number of carbonyl (C=O) groups excluding carboxylic acids is 2. The molecule has 1 aromatic carbocycles. The summed E-state index contributed by atoms with van der Waals surface area (Å²) in [4.78, 5) is 30.5. The Hall–Kier alpha value is -3.09. The quantitative estimate of drug-likeness (QED) is 0.891. The van der Waals surface area contributed by atoms with Crippen LogP contribution in [0.25, 0.3) is 0 Å². The fourth-order valence-electron chi connectivity index (χ4n) is 2.70. The minimum atomic E-state index is -0.760. The van der Waals surface area contributed by atoms with Crippen LogP contribution in [0.15, 0.2) is 30.3 Å². The summed E-state index contributed by atoms with van der Waals surface area (Å²) in [5.74, 6) is 0.303. The van der Waals surface area contributed by atoms with Crippen molar-refractivity contribution in [2.24, 2.45) is 0 Å². The molecule has 1 aliphatic heterocycles. The summed E-state index contributed by atoms with van der Waals surface area (Å²) in [6, 6.07) is 8.16. The van der Waals surface area contributed by atoms with Gasteiger partial charge in [-0.15, -0.1) is 0 Å². The number of nitrogens with two attached hydrogens (primary N) is 1. The van der Waals surface area contributed by atoms with E-state index in [0.717, 1.165) is 16.8 Å². The number of amides is 2. The van der Waals surface area contributed by atoms with Gasteiger partial charge < -0.3 is 15.8 Å². The number of ether oxygens (including phenoxy) is 1. The van der Waals surface area contributed by atoms with Crippen LogP contribution in [-0.4, -0.2) is 29.4 Å². The largest absolute Gasteiger partial charge is 0.480 e. The Labute approximate surface area is 145 Å². The van der Waals surface area contributed by atoms with E-state index in [1.54, 1.807) is 19.1 Å². The van der Waals surface area contributed by atoms with E-state index >= 15 is 0 Å². The first-order valence-corrected chi connectivity index (χ1v) is 7.97. The SMILES string of the molecule is Cc1cccc(NC(=O)C(C)N2C(=O)COc3ccc(N)nc32)c1C. The number of aryl methyl sites for hydroxylation is 1. The van der Waals surface area contributed by atoms with Crippen LogP contribution in [-0.2, 0) is 9.59 Å². The number of rotatable bonds is 3. The molecule has 0 aliphatic carbocycles. The predicted octanol–water partition coefficient (Wildman–Crippen LogP) is 2.03. The summed E-state index contributed by atoms with van der Waals surface area (Å²) >= 11 is 0. The maximum atomic E-state index is 12.7. The Balaban J connectivity index is 1.88. The predicted molar refractivity (Wildman–Crippen MR) is 95.6 cm³/mol. The van der Waals surface area contributed by atoms with Gasteiger partial charge in [0.1, 0.15) is 11.9 Å². The number of nitrogen functional groups attached to an aromatic ring is 1. The first kappa shape index (κ1) is 16.8. The van der Waals surface area contributed by atoms with Gasteiger partial charge in [-0.25, -0.2) is 4.98 Å². The summed E-state index contributed by atoms with van der Waals surface area (Å²) < 4.78 is 5.36. The molecule has 2 amide bonds. The van der Waals surface area contributed by atoms with Crippen molar-refractivity contribution in [1.29, 1.82) is 0 Å². The van der Waals surface area contributed by atoms with Gasteiger partial charge in [0, 0.05) is 5.69 Å². The Bertz CT molecular complexity index is 850. The Morgan fingerprint density at radius 3 is 2.84 bits per heavy atom. The van der Waals surface area contributed by atoms with E-state index < -0.39 is 6.04 Å². The van der Waals surface area contributed by atoms with E-state index in [1.165, 1.54) is 4.90 Å². The van der Waals surface area contributed by atoms with Gasteiger partial charge in [0.25, 0.3) is 5.91 Å². The number of aromatic nitrogens is 1. The highest BCUT2D eigenvalue weighted by Crippen LogP contribution is 2.32. The Morgan fingerprint density at radius 2 is 2.08 bits per heavy atom. The lowest BCUT2D eigenvalue weighted by Gasteiger charge is -2.32. The molecule has 25 heavy (non-hydrogen) atoms. The number of anilines is 3. The molecule has 1 atom stereocenters. The molecule has 1 unspecified atom stereocenters. The summed E-state index contributed by atoms with van der Waals surface area (Å²) in [5.41, 5.74) is 8.50. The molecule has 0 radical (unpaired) electrons. The third-order valence-electron chi connectivity index (χ3n) is 4.34. The average molecular weight is 340 g/mol. The molecule has 1 aliphatic rings. The first-order chi connectivity index (χ1) is 11.9. The molecule has 2 aromatic rings. The third-order valence-corrected chi connectivity index (χ3v) is 4.34. The van der Waals surface area contributed by atoms with Gasteiger partial charge in [0.05, 0.1) is 0 Å². The monoisotopic (exact) mass is 340 g/mol. The molecule has 7 heteroatoms. The first-order valence-electron chi connectivity index (χ1n) is 7.97. The van der Waals surface area contributed by atoms with Crippen molar-refractivity contribution in [3.63, 3.8) is 0 Å². The van der Waals surface area contributed by atoms with E-state index in [-0.39, 0.29) is 30.1 Å². The molecule has 130 valence electrons. The Kier molecular flexibility index (Phi) is 4.31. The fraction of sp³-hybridized carbons (Fsp3) is 0.278. The van der Waals surface area contributed by atoms with E-state index in [9.17, 15) is 9.59 Å². The van der Waals surface area contributed by atoms with Crippen LogP contribution < -0.4 is 20.7 Å². The lowest BCUT2D eigenvalue weighted by Crippen LogP contribution is -2.50. The van der Waals surface area contributed by atoms with Gasteiger partial charge in [-0.1, -0.05) is 12.1 Å². The molecular weight excluding hydrogens is 320 g/mol. The van der Waals surface area contributed by atoms with E-state index in [1.807, 2.05) is 32.0 Å². The molecule has 0 spiro atoms. The van der Waals surface area contributed by atoms with Crippen LogP contribution in [0.2, 0.25) is 0 Å². The van der Waals surface area contributed by atoms with E-state index in [0.29, 0.717) is 5.75 Å². The topological polar surface area (TPSA) is 97.5 Å². The molecule has 0 fully saturated rings. The van der Waals surface area contributed by atoms with Crippen LogP contribution in [0.4, 0.5) is 17.3 Å². The second-order valence-electron chi connectivity index (χ2n) is 6.02. The summed E-state index contributed by atoms with van der Waals surface area (Å²) in [7, 11) is 0. The van der Waals surface area contributed by atoms with Crippen molar-refractivity contribution in [2.75, 3.05) is 22.6 Å². The molecule has 0 bridgehead atoms. The number of fused-ring (bicyclic) bond motifs is 1. The summed E-state index contributed by atoms with van der Waals surface area (Å²) in [6.45, 7) is 5.42. The molecule has 1 aromatic heterocycles. The normalized spacial score (nSPS) is 14.5. The maximum Gasteiger partial charge on any atom is 0.266 e. The lowest BCUT2D eigenvalue weighted by atomic mass is 10.1. The lowest BCUT2D eigenvalue weighted by molar-refractivity contribution is -0.125. The Morgan fingerprint density at radius 1 is 1.32 bits per heavy atom. The molecule has 0 saturated carbocycles. The zero-order valence-electron chi connectivity index (χ0n) is 14.4. The standard InChI is InChI=1S/C18H20N4O3/c1-10-5-4-6-13(11(10)2)20-18(24)12(3)22-16(23)9-25-14-7-8-15(19)21-17(14)22/h4-8,12H,9H2,1-3H3,(H2,19,21)(H,20,24). The third kappa shape index (κ3) is 3.13. The second-order valence-corrected chi connectivity index (χ2v) is 6.02. The van der Waals surface area contributed by atoms with Crippen LogP contribution in [0.1, 0.15) is 18.1 Å². The molecule has 2 heterocycles. The number of nitrogens with zero attached hydrogens (tertiary/aromatic N) is 2. The van der Waals surface area contributed by atoms with Gasteiger partial charge in [-0.3, -0.25) is 14.5 Å². The van der Waals surface area contributed by atoms with Crippen LogP contribution >= 0.6 is 0 Å². The number of hydrogen-bond donors (Lipinski definition) is 2. The molecule has 7 nitrogen and oxygen atoms in total. The minimum Gasteiger partial charge on any atom is -0.480 e. The fourth-order valence-corrected chi connectivity index (χ4v) is 2.70. The van der Waals surface area contributed by atoms with Crippen molar-refractivity contribution < 1.29 is 14.3 Å². The second kappa shape index (κ2) is 6.43. The number of nitrogens with one attached hydrogen (secondary N) is 1. The zero-order chi connectivity index (χ0) is 18.1. The van der Waals surface area contributed by atoms with Crippen LogP contribution in [0.3, 0.4) is 0 Å². The molecule has 0 saturated heterocycles. The maximum absolute atomic E-state index is 12.7. The minimum absolute atomic E-state index is 0.139. The van der Waals surface area contributed by atoms with Gasteiger partial charge in [0.15, 0.2) is 18.2 Å². The summed E-state index contributed by atoms with van der Waals surface area (Å²) in [5, 5.41) is 2.88. The number of hydrogen-bond acceptors (Lipinski definition) is 5. The number of benzene rings is 1. The molecular formula is C18H20N4O3. The zero-order valence-corrected chi connectivity index (χ0v) is 14.4. The van der Waals surface area contributed by atoms with E-state index in [2.05, 4.69) is 10.3 Å². The highest BCUT2D eigenvalue weighted by Gasteiger charge is 2.34. The number of carbonyl (C=O) groups is 2. The van der Waals surface area contributed by atoms with Crippen molar-refractivity contribution in [3.8, 4) is 5.75 Å². The molecule has 3 rings (SSSR count). The highest BCUT2D eigenvalue weighted by atomic mass is 16.5. The van der Waals surface area contributed by atoms with Crippen molar-refractivity contribution >= 4 is 29.1 Å². The highest BCUT2D eigenvalue weighted by molar-refractivity contribution is 6.06. The van der Waals surface area contributed by atoms with Crippen molar-refractivity contribution in [3.05, 3.63) is 41.5 Å².